The lowest BCUT2D eigenvalue weighted by atomic mass is 10.0. The van der Waals surface area contributed by atoms with Crippen molar-refractivity contribution in [1.29, 1.82) is 0 Å². The maximum atomic E-state index is 13.4. The normalized spacial score (nSPS) is 21.4. The quantitative estimate of drug-likeness (QED) is 0.913. The van der Waals surface area contributed by atoms with Gasteiger partial charge in [-0.15, -0.1) is 11.3 Å². The molecule has 0 unspecified atom stereocenters. The lowest BCUT2D eigenvalue weighted by Gasteiger charge is -2.32. The lowest BCUT2D eigenvalue weighted by Crippen LogP contribution is -2.56. The van der Waals surface area contributed by atoms with Crippen molar-refractivity contribution in [1.82, 2.24) is 9.99 Å². The van der Waals surface area contributed by atoms with Crippen molar-refractivity contribution in [3.8, 4) is 0 Å². The van der Waals surface area contributed by atoms with Crippen LogP contribution in [0, 0.1) is 0 Å². The van der Waals surface area contributed by atoms with Crippen LogP contribution in [0.15, 0.2) is 47.1 Å². The molecule has 0 fully saturated rings. The highest BCUT2D eigenvalue weighted by Gasteiger charge is 2.63. The number of nitrogens with zero attached hydrogens (tertiary/aromatic N) is 3. The Hall–Kier alpha value is -2.26. The van der Waals surface area contributed by atoms with Crippen molar-refractivity contribution in [2.24, 2.45) is 5.10 Å². The third-order valence-corrected chi connectivity index (χ3v) is 4.22. The van der Waals surface area contributed by atoms with E-state index in [1.165, 1.54) is 36.7 Å². The van der Waals surface area contributed by atoms with Crippen LogP contribution in [0.2, 0.25) is 0 Å². The van der Waals surface area contributed by atoms with Gasteiger partial charge in [-0.1, -0.05) is 12.1 Å². The van der Waals surface area contributed by atoms with Gasteiger partial charge >= 0.3 is 6.18 Å². The minimum Gasteiger partial charge on any atom is -0.362 e. The summed E-state index contributed by atoms with van der Waals surface area (Å²) >= 11 is 0.975. The molecule has 120 valence electrons. The van der Waals surface area contributed by atoms with E-state index in [2.05, 4.69) is 10.1 Å². The monoisotopic (exact) mass is 341 g/mol. The summed E-state index contributed by atoms with van der Waals surface area (Å²) < 4.78 is 40.1. The van der Waals surface area contributed by atoms with Crippen molar-refractivity contribution in [3.05, 3.63) is 52.5 Å². The number of thiophene rings is 1. The predicted molar refractivity (Wildman–Crippen MR) is 76.9 cm³/mol. The third kappa shape index (κ3) is 2.62. The smallest absolute Gasteiger partial charge is 0.362 e. The first-order valence-electron chi connectivity index (χ1n) is 6.48. The molecule has 0 saturated heterocycles. The van der Waals surface area contributed by atoms with Gasteiger partial charge < -0.3 is 5.11 Å². The van der Waals surface area contributed by atoms with Gasteiger partial charge in [0.2, 0.25) is 0 Å². The average molecular weight is 341 g/mol. The summed E-state index contributed by atoms with van der Waals surface area (Å²) in [5.41, 5.74) is -3.11. The van der Waals surface area contributed by atoms with Gasteiger partial charge in [0, 0.05) is 18.0 Å². The summed E-state index contributed by atoms with van der Waals surface area (Å²) in [6.45, 7) is 0. The van der Waals surface area contributed by atoms with Crippen LogP contribution in [0.3, 0.4) is 0 Å². The Morgan fingerprint density at radius 2 is 2.13 bits per heavy atom. The summed E-state index contributed by atoms with van der Waals surface area (Å²) in [4.78, 5) is 16.2. The molecule has 3 heterocycles. The van der Waals surface area contributed by atoms with Crippen molar-refractivity contribution >= 4 is 23.0 Å². The van der Waals surface area contributed by atoms with E-state index in [1.807, 2.05) is 0 Å². The summed E-state index contributed by atoms with van der Waals surface area (Å²) in [7, 11) is 0. The maximum Gasteiger partial charge on any atom is 0.438 e. The highest BCUT2D eigenvalue weighted by Crippen LogP contribution is 2.42. The second-order valence-electron chi connectivity index (χ2n) is 4.87. The standard InChI is InChI=1S/C14H10F3N3O2S/c15-14(16,17)13(22)7-10(9-3-1-5-18-8-9)19-20(13)12(21)11-4-2-6-23-11/h1-6,8,22H,7H2/t13-/m0/s1. The number of aromatic nitrogens is 1. The molecule has 3 rings (SSSR count). The van der Waals surface area contributed by atoms with Crippen LogP contribution in [-0.2, 0) is 0 Å². The first-order chi connectivity index (χ1) is 10.8. The Morgan fingerprint density at radius 3 is 2.70 bits per heavy atom. The van der Waals surface area contributed by atoms with Crippen LogP contribution >= 0.6 is 11.3 Å². The van der Waals surface area contributed by atoms with Gasteiger partial charge in [0.15, 0.2) is 0 Å². The average Bonchev–Trinajstić information content (AvgIpc) is 3.15. The van der Waals surface area contributed by atoms with Gasteiger partial charge in [0.25, 0.3) is 11.6 Å². The van der Waals surface area contributed by atoms with Crippen molar-refractivity contribution < 1.29 is 23.1 Å². The summed E-state index contributed by atoms with van der Waals surface area (Å²) in [6.07, 6.45) is -3.11. The number of halogens is 3. The van der Waals surface area contributed by atoms with Gasteiger partial charge in [-0.2, -0.15) is 23.3 Å². The maximum absolute atomic E-state index is 13.4. The molecule has 2 aromatic rings. The molecule has 0 aromatic carbocycles. The minimum atomic E-state index is -5.05. The SMILES string of the molecule is O=C(c1cccs1)N1N=C(c2cccnc2)C[C@]1(O)C(F)(F)F. The number of pyridine rings is 1. The van der Waals surface area contributed by atoms with Crippen LogP contribution in [0.1, 0.15) is 21.7 Å². The van der Waals surface area contributed by atoms with E-state index in [-0.39, 0.29) is 15.6 Å². The van der Waals surface area contributed by atoms with Crippen molar-refractivity contribution in [3.63, 3.8) is 0 Å². The van der Waals surface area contributed by atoms with Crippen LogP contribution in [0.25, 0.3) is 0 Å². The molecule has 1 atom stereocenters. The summed E-state index contributed by atoms with van der Waals surface area (Å²) in [5.74, 6) is -1.00. The molecule has 1 N–H and O–H groups in total. The van der Waals surface area contributed by atoms with Crippen molar-refractivity contribution in [2.75, 3.05) is 0 Å². The molecule has 5 nitrogen and oxygen atoms in total. The van der Waals surface area contributed by atoms with Crippen LogP contribution in [0.4, 0.5) is 13.2 Å². The second-order valence-corrected chi connectivity index (χ2v) is 5.82. The lowest BCUT2D eigenvalue weighted by molar-refractivity contribution is -0.297. The van der Waals surface area contributed by atoms with E-state index in [0.717, 1.165) is 11.3 Å². The highest BCUT2D eigenvalue weighted by atomic mass is 32.1. The van der Waals surface area contributed by atoms with E-state index >= 15 is 0 Å². The summed E-state index contributed by atoms with van der Waals surface area (Å²) in [6, 6.07) is 5.96. The zero-order chi connectivity index (χ0) is 16.7. The molecular formula is C14H10F3N3O2S. The van der Waals surface area contributed by atoms with Crippen LogP contribution in [-0.4, -0.2) is 38.6 Å². The molecule has 23 heavy (non-hydrogen) atoms. The molecule has 0 bridgehead atoms. The zero-order valence-corrected chi connectivity index (χ0v) is 12.3. The molecule has 0 aliphatic carbocycles. The minimum absolute atomic E-state index is 0.0529. The Kier molecular flexibility index (Phi) is 3.69. The van der Waals surface area contributed by atoms with Crippen LogP contribution < -0.4 is 0 Å². The van der Waals surface area contributed by atoms with Gasteiger partial charge in [0.05, 0.1) is 17.0 Å². The fourth-order valence-corrected chi connectivity index (χ4v) is 2.83. The van der Waals surface area contributed by atoms with E-state index in [9.17, 15) is 23.1 Å². The van der Waals surface area contributed by atoms with Gasteiger partial charge in [-0.05, 0) is 17.5 Å². The molecule has 1 amide bonds. The first-order valence-corrected chi connectivity index (χ1v) is 7.36. The molecule has 0 spiro atoms. The molecule has 0 radical (unpaired) electrons. The van der Waals surface area contributed by atoms with E-state index in [0.29, 0.717) is 5.56 Å². The first kappa shape index (κ1) is 15.6. The van der Waals surface area contributed by atoms with E-state index in [1.54, 1.807) is 5.38 Å². The number of carbonyl (C=O) groups is 1. The molecule has 9 heteroatoms. The number of rotatable bonds is 2. The molecule has 1 aliphatic heterocycles. The Morgan fingerprint density at radius 1 is 1.35 bits per heavy atom. The van der Waals surface area contributed by atoms with Crippen LogP contribution in [0.5, 0.6) is 0 Å². The largest absolute Gasteiger partial charge is 0.438 e. The molecular weight excluding hydrogens is 331 g/mol. The number of hydrogen-bond donors (Lipinski definition) is 1. The highest BCUT2D eigenvalue weighted by molar-refractivity contribution is 7.12. The summed E-state index contributed by atoms with van der Waals surface area (Å²) in [5, 5.41) is 15.5. The molecule has 1 aliphatic rings. The molecule has 0 saturated carbocycles. The Labute approximate surface area is 132 Å². The fraction of sp³-hybridized carbons (Fsp3) is 0.214. The van der Waals surface area contributed by atoms with E-state index in [4.69, 9.17) is 0 Å². The predicted octanol–water partition coefficient (Wildman–Crippen LogP) is 2.64. The fourth-order valence-electron chi connectivity index (χ4n) is 2.18. The zero-order valence-electron chi connectivity index (χ0n) is 11.5. The van der Waals surface area contributed by atoms with Gasteiger partial charge in [-0.3, -0.25) is 9.78 Å². The number of carbonyl (C=O) groups excluding carboxylic acids is 1. The number of hydrogen-bond acceptors (Lipinski definition) is 5. The molecule has 2 aromatic heterocycles. The number of alkyl halides is 3. The Balaban J connectivity index is 2.04. The van der Waals surface area contributed by atoms with Crippen molar-refractivity contribution in [2.45, 2.75) is 18.3 Å². The Bertz CT molecular complexity index is 746. The van der Waals surface area contributed by atoms with Gasteiger partial charge in [-0.25, -0.2) is 0 Å². The number of aliphatic hydroxyl groups is 1. The number of amides is 1. The number of hydrazone groups is 1. The van der Waals surface area contributed by atoms with Gasteiger partial charge in [0.1, 0.15) is 0 Å². The second kappa shape index (κ2) is 5.43. The third-order valence-electron chi connectivity index (χ3n) is 3.36. The van der Waals surface area contributed by atoms with E-state index < -0.39 is 24.2 Å². The topological polar surface area (TPSA) is 65.8 Å².